The number of hydrogen-bond donors (Lipinski definition) is 1. The van der Waals surface area contributed by atoms with Crippen molar-refractivity contribution in [3.63, 3.8) is 0 Å². The zero-order valence-corrected chi connectivity index (χ0v) is 15.4. The van der Waals surface area contributed by atoms with Crippen LogP contribution in [0, 0.1) is 0 Å². The maximum Gasteiger partial charge on any atom is 0.316 e. The second kappa shape index (κ2) is 6.99. The van der Waals surface area contributed by atoms with E-state index in [0.29, 0.717) is 28.2 Å². The van der Waals surface area contributed by atoms with E-state index in [0.717, 1.165) is 0 Å². The molecular formula is C19H19N3O5. The average molecular weight is 369 g/mol. The van der Waals surface area contributed by atoms with Crippen molar-refractivity contribution >= 4 is 22.6 Å². The smallest absolute Gasteiger partial charge is 0.316 e. The Morgan fingerprint density at radius 1 is 0.889 bits per heavy atom. The molecule has 1 N–H and O–H groups in total. The van der Waals surface area contributed by atoms with Crippen molar-refractivity contribution < 1.29 is 14.3 Å². The number of amides is 1. The van der Waals surface area contributed by atoms with Gasteiger partial charge in [-0.1, -0.05) is 6.07 Å². The van der Waals surface area contributed by atoms with Gasteiger partial charge in [-0.25, -0.2) is 0 Å². The summed E-state index contributed by atoms with van der Waals surface area (Å²) in [5, 5.41) is 2.78. The number of ether oxygens (including phenoxy) is 2. The first-order chi connectivity index (χ1) is 12.9. The molecule has 0 unspecified atom stereocenters. The number of anilines is 1. The van der Waals surface area contributed by atoms with Crippen molar-refractivity contribution in [2.75, 3.05) is 19.5 Å². The van der Waals surface area contributed by atoms with Crippen LogP contribution in [0.25, 0.3) is 11.0 Å². The van der Waals surface area contributed by atoms with Gasteiger partial charge in [0.25, 0.3) is 5.91 Å². The molecule has 0 saturated carbocycles. The van der Waals surface area contributed by atoms with Crippen molar-refractivity contribution in [2.45, 2.75) is 0 Å². The predicted octanol–water partition coefficient (Wildman–Crippen LogP) is 1.51. The topological polar surface area (TPSA) is 91.6 Å². The van der Waals surface area contributed by atoms with Crippen LogP contribution in [0.4, 0.5) is 5.69 Å². The fraction of sp³-hybridized carbons (Fsp3) is 0.211. The number of rotatable bonds is 4. The number of benzene rings is 2. The lowest BCUT2D eigenvalue weighted by molar-refractivity contribution is 0.102. The standard InChI is InChI=1S/C19H19N3O5/c1-21-12-9-8-11(10-13(12)22(2)19(25)18(21)24)20-17(23)16-14(26-3)6-5-7-15(16)27-4/h5-10H,1-4H3,(H,20,23). The van der Waals surface area contributed by atoms with E-state index in [2.05, 4.69) is 5.32 Å². The lowest BCUT2D eigenvalue weighted by Gasteiger charge is -2.14. The Bertz CT molecular complexity index is 1140. The number of carbonyl (C=O) groups excluding carboxylic acids is 1. The summed E-state index contributed by atoms with van der Waals surface area (Å²) in [7, 11) is 5.99. The van der Waals surface area contributed by atoms with Gasteiger partial charge in [-0.3, -0.25) is 14.4 Å². The van der Waals surface area contributed by atoms with Gasteiger partial charge >= 0.3 is 11.1 Å². The van der Waals surface area contributed by atoms with Crippen molar-refractivity contribution in [1.82, 2.24) is 9.13 Å². The second-order valence-electron chi connectivity index (χ2n) is 5.92. The Morgan fingerprint density at radius 3 is 2.00 bits per heavy atom. The Balaban J connectivity index is 2.07. The Hall–Kier alpha value is -3.55. The zero-order chi connectivity index (χ0) is 19.7. The highest BCUT2D eigenvalue weighted by molar-refractivity contribution is 6.08. The van der Waals surface area contributed by atoms with Gasteiger partial charge in [-0.05, 0) is 30.3 Å². The molecule has 1 aromatic heterocycles. The number of aromatic nitrogens is 2. The van der Waals surface area contributed by atoms with Crippen LogP contribution in [0.2, 0.25) is 0 Å². The lowest BCUT2D eigenvalue weighted by Crippen LogP contribution is -2.39. The summed E-state index contributed by atoms with van der Waals surface area (Å²) in [4.78, 5) is 36.7. The molecule has 8 heteroatoms. The number of fused-ring (bicyclic) bond motifs is 1. The van der Waals surface area contributed by atoms with E-state index in [4.69, 9.17) is 9.47 Å². The Kier molecular flexibility index (Phi) is 4.72. The molecule has 3 rings (SSSR count). The van der Waals surface area contributed by atoms with E-state index in [9.17, 15) is 14.4 Å². The molecule has 27 heavy (non-hydrogen) atoms. The number of hydrogen-bond acceptors (Lipinski definition) is 5. The first-order valence-electron chi connectivity index (χ1n) is 8.11. The van der Waals surface area contributed by atoms with Crippen LogP contribution in [0.15, 0.2) is 46.0 Å². The molecule has 0 radical (unpaired) electrons. The molecule has 0 spiro atoms. The van der Waals surface area contributed by atoms with Crippen LogP contribution in [0.3, 0.4) is 0 Å². The number of nitrogens with one attached hydrogen (secondary N) is 1. The first-order valence-corrected chi connectivity index (χ1v) is 8.11. The minimum atomic E-state index is -0.639. The molecule has 0 aliphatic heterocycles. The van der Waals surface area contributed by atoms with Crippen LogP contribution >= 0.6 is 0 Å². The average Bonchev–Trinajstić information content (AvgIpc) is 2.69. The van der Waals surface area contributed by atoms with Crippen LogP contribution in [-0.4, -0.2) is 29.3 Å². The van der Waals surface area contributed by atoms with Crippen molar-refractivity contribution in [2.24, 2.45) is 14.1 Å². The zero-order valence-electron chi connectivity index (χ0n) is 15.4. The largest absolute Gasteiger partial charge is 0.496 e. The number of carbonyl (C=O) groups is 1. The molecule has 3 aromatic rings. The molecule has 0 saturated heterocycles. The van der Waals surface area contributed by atoms with E-state index in [1.807, 2.05) is 0 Å². The fourth-order valence-electron chi connectivity index (χ4n) is 2.93. The normalized spacial score (nSPS) is 10.7. The summed E-state index contributed by atoms with van der Waals surface area (Å²) in [6.07, 6.45) is 0. The summed E-state index contributed by atoms with van der Waals surface area (Å²) in [5.74, 6) is 0.336. The quantitative estimate of drug-likeness (QED) is 0.704. The van der Waals surface area contributed by atoms with Gasteiger partial charge in [-0.2, -0.15) is 0 Å². The third-order valence-corrected chi connectivity index (χ3v) is 4.40. The molecule has 8 nitrogen and oxygen atoms in total. The first kappa shape index (κ1) is 18.2. The van der Waals surface area contributed by atoms with Gasteiger partial charge in [0.2, 0.25) is 0 Å². The van der Waals surface area contributed by atoms with Crippen LogP contribution in [0.5, 0.6) is 11.5 Å². The summed E-state index contributed by atoms with van der Waals surface area (Å²) < 4.78 is 13.1. The van der Waals surface area contributed by atoms with Crippen molar-refractivity contribution in [3.05, 3.63) is 62.7 Å². The monoisotopic (exact) mass is 369 g/mol. The molecule has 0 aliphatic carbocycles. The maximum atomic E-state index is 12.8. The lowest BCUT2D eigenvalue weighted by atomic mass is 10.1. The molecule has 0 fully saturated rings. The van der Waals surface area contributed by atoms with Gasteiger partial charge in [0, 0.05) is 19.8 Å². The third-order valence-electron chi connectivity index (χ3n) is 4.40. The highest BCUT2D eigenvalue weighted by Crippen LogP contribution is 2.29. The summed E-state index contributed by atoms with van der Waals surface area (Å²) >= 11 is 0. The number of methoxy groups -OCH3 is 2. The van der Waals surface area contributed by atoms with Gasteiger partial charge in [-0.15, -0.1) is 0 Å². The van der Waals surface area contributed by atoms with Crippen molar-refractivity contribution in [1.29, 1.82) is 0 Å². The summed E-state index contributed by atoms with van der Waals surface area (Å²) in [5.41, 5.74) is 0.577. The van der Waals surface area contributed by atoms with Crippen LogP contribution in [-0.2, 0) is 14.1 Å². The molecule has 1 amide bonds. The molecule has 0 atom stereocenters. The predicted molar refractivity (Wildman–Crippen MR) is 102 cm³/mol. The molecule has 0 aliphatic rings. The Morgan fingerprint density at radius 2 is 1.44 bits per heavy atom. The van der Waals surface area contributed by atoms with Crippen LogP contribution in [0.1, 0.15) is 10.4 Å². The highest BCUT2D eigenvalue weighted by Gasteiger charge is 2.19. The van der Waals surface area contributed by atoms with Gasteiger partial charge in [0.1, 0.15) is 17.1 Å². The third kappa shape index (κ3) is 3.05. The minimum absolute atomic E-state index is 0.261. The fourth-order valence-corrected chi connectivity index (χ4v) is 2.93. The molecule has 2 aromatic carbocycles. The SMILES string of the molecule is COc1cccc(OC)c1C(=O)Nc1ccc2c(c1)n(C)c(=O)c(=O)n2C. The Labute approximate surface area is 154 Å². The van der Waals surface area contributed by atoms with Crippen LogP contribution < -0.4 is 25.9 Å². The van der Waals surface area contributed by atoms with E-state index in [1.54, 1.807) is 36.4 Å². The maximum absolute atomic E-state index is 12.8. The summed E-state index contributed by atoms with van der Waals surface area (Å²) in [6.45, 7) is 0. The van der Waals surface area contributed by atoms with Gasteiger partial charge in [0.15, 0.2) is 0 Å². The summed E-state index contributed by atoms with van der Waals surface area (Å²) in [6, 6.07) is 10.0. The molecule has 140 valence electrons. The van der Waals surface area contributed by atoms with Gasteiger partial charge in [0.05, 0.1) is 25.3 Å². The number of aryl methyl sites for hydroxylation is 2. The minimum Gasteiger partial charge on any atom is -0.496 e. The molecule has 0 bridgehead atoms. The highest BCUT2D eigenvalue weighted by atomic mass is 16.5. The van der Waals surface area contributed by atoms with E-state index in [1.165, 1.54) is 37.4 Å². The number of nitrogens with zero attached hydrogens (tertiary/aromatic N) is 2. The van der Waals surface area contributed by atoms with E-state index in [-0.39, 0.29) is 5.56 Å². The molecule has 1 heterocycles. The van der Waals surface area contributed by atoms with Crippen molar-refractivity contribution in [3.8, 4) is 11.5 Å². The van der Waals surface area contributed by atoms with E-state index < -0.39 is 17.0 Å². The molecular weight excluding hydrogens is 350 g/mol. The van der Waals surface area contributed by atoms with Gasteiger partial charge < -0.3 is 23.9 Å². The van der Waals surface area contributed by atoms with E-state index >= 15 is 0 Å². The second-order valence-corrected chi connectivity index (χ2v) is 5.92.